The summed E-state index contributed by atoms with van der Waals surface area (Å²) in [4.78, 5) is 20.2. The van der Waals surface area contributed by atoms with E-state index in [4.69, 9.17) is 23.2 Å². The normalized spacial score (nSPS) is 12.5. The van der Waals surface area contributed by atoms with Gasteiger partial charge in [0, 0.05) is 12.3 Å². The second-order valence-electron chi connectivity index (χ2n) is 8.32. The molecule has 4 aromatic rings. The van der Waals surface area contributed by atoms with E-state index in [1.165, 1.54) is 25.1 Å². The monoisotopic (exact) mass is 691 g/mol. The fourth-order valence-electron chi connectivity index (χ4n) is 3.58. The summed E-state index contributed by atoms with van der Waals surface area (Å²) < 4.78 is 100. The summed E-state index contributed by atoms with van der Waals surface area (Å²) in [5.74, 6) is -0.583. The van der Waals surface area contributed by atoms with Crippen molar-refractivity contribution in [3.05, 3.63) is 53.0 Å². The minimum absolute atomic E-state index is 0.000814. The molecule has 0 saturated heterocycles. The molecular formula is C21H15Cl2N7O10S3. The van der Waals surface area contributed by atoms with Crippen molar-refractivity contribution in [2.24, 2.45) is 10.2 Å². The van der Waals surface area contributed by atoms with Crippen LogP contribution in [0.25, 0.3) is 10.8 Å². The number of halogens is 2. The van der Waals surface area contributed by atoms with Gasteiger partial charge in [-0.2, -0.15) is 45.3 Å². The quantitative estimate of drug-likeness (QED) is 0.128. The number of amides is 1. The highest BCUT2D eigenvalue weighted by Crippen LogP contribution is 2.37. The molecule has 226 valence electrons. The summed E-state index contributed by atoms with van der Waals surface area (Å²) >= 11 is 11.6. The van der Waals surface area contributed by atoms with Gasteiger partial charge >= 0.3 is 0 Å². The maximum atomic E-state index is 12.1. The van der Waals surface area contributed by atoms with Crippen LogP contribution in [0.1, 0.15) is 6.92 Å². The highest BCUT2D eigenvalue weighted by atomic mass is 35.5. The Morgan fingerprint density at radius 2 is 1.40 bits per heavy atom. The summed E-state index contributed by atoms with van der Waals surface area (Å²) in [7, 11) is -15.2. The maximum Gasteiger partial charge on any atom is 0.296 e. The van der Waals surface area contributed by atoms with Crippen LogP contribution in [-0.4, -0.2) is 59.8 Å². The fourth-order valence-corrected chi connectivity index (χ4v) is 5.93. The summed E-state index contributed by atoms with van der Waals surface area (Å²) in [5.41, 5.74) is -0.294. The summed E-state index contributed by atoms with van der Waals surface area (Å²) in [6, 6.07) is 6.65. The van der Waals surface area contributed by atoms with E-state index in [9.17, 15) is 43.7 Å². The topological polar surface area (TPSA) is 268 Å². The summed E-state index contributed by atoms with van der Waals surface area (Å²) in [5, 5.41) is 11.7. The first kappa shape index (κ1) is 32.0. The molecule has 0 atom stereocenters. The van der Waals surface area contributed by atoms with Crippen molar-refractivity contribution in [3.63, 3.8) is 0 Å². The summed E-state index contributed by atoms with van der Waals surface area (Å²) in [6.07, 6.45) is 0. The number of rotatable bonds is 8. The van der Waals surface area contributed by atoms with Crippen LogP contribution in [0, 0.1) is 0 Å². The lowest BCUT2D eigenvalue weighted by atomic mass is 10.1. The van der Waals surface area contributed by atoms with Crippen molar-refractivity contribution in [3.8, 4) is 0 Å². The fraction of sp³-hybridized carbons (Fsp3) is 0.0476. The molecule has 1 aromatic heterocycles. The molecule has 0 bridgehead atoms. The van der Waals surface area contributed by atoms with Gasteiger partial charge in [-0.3, -0.25) is 18.5 Å². The molecule has 1 heterocycles. The highest BCUT2D eigenvalue weighted by Gasteiger charge is 2.24. The maximum absolute atomic E-state index is 12.1. The largest absolute Gasteiger partial charge is 0.324 e. The van der Waals surface area contributed by atoms with Crippen molar-refractivity contribution in [1.29, 1.82) is 0 Å². The lowest BCUT2D eigenvalue weighted by Crippen LogP contribution is -2.09. The van der Waals surface area contributed by atoms with Crippen LogP contribution in [-0.2, 0) is 35.1 Å². The predicted octanol–water partition coefficient (Wildman–Crippen LogP) is 4.19. The molecule has 0 fully saturated rings. The summed E-state index contributed by atoms with van der Waals surface area (Å²) in [6.45, 7) is 1.21. The molecule has 43 heavy (non-hydrogen) atoms. The average molecular weight is 692 g/mol. The molecule has 17 nitrogen and oxygen atoms in total. The molecule has 0 aliphatic rings. The van der Waals surface area contributed by atoms with Crippen molar-refractivity contribution in [1.82, 2.24) is 15.0 Å². The predicted molar refractivity (Wildman–Crippen MR) is 151 cm³/mol. The zero-order chi connectivity index (χ0) is 31.9. The second-order valence-corrected chi connectivity index (χ2v) is 13.2. The molecule has 22 heteroatoms. The number of benzene rings is 3. The Labute approximate surface area is 252 Å². The van der Waals surface area contributed by atoms with Gasteiger partial charge in [-0.15, -0.1) is 5.11 Å². The number of azo groups is 1. The van der Waals surface area contributed by atoms with Crippen LogP contribution in [0.5, 0.6) is 0 Å². The van der Waals surface area contributed by atoms with Crippen molar-refractivity contribution < 1.29 is 43.7 Å². The molecule has 0 aliphatic heterocycles. The van der Waals surface area contributed by atoms with E-state index >= 15 is 0 Å². The Morgan fingerprint density at radius 1 is 0.767 bits per heavy atom. The van der Waals surface area contributed by atoms with Crippen LogP contribution >= 0.6 is 23.2 Å². The van der Waals surface area contributed by atoms with Crippen molar-refractivity contribution in [2.45, 2.75) is 21.6 Å². The zero-order valence-corrected chi connectivity index (χ0v) is 24.9. The van der Waals surface area contributed by atoms with Gasteiger partial charge in [0.25, 0.3) is 30.4 Å². The van der Waals surface area contributed by atoms with Crippen LogP contribution in [0.15, 0.2) is 67.4 Å². The minimum atomic E-state index is -5.14. The molecular weight excluding hydrogens is 677 g/mol. The molecule has 0 aliphatic carbocycles. The third-order valence-corrected chi connectivity index (χ3v) is 8.18. The van der Waals surface area contributed by atoms with E-state index in [2.05, 4.69) is 35.8 Å². The number of nitrogens with zero attached hydrogens (tertiary/aromatic N) is 5. The van der Waals surface area contributed by atoms with Crippen LogP contribution in [0.2, 0.25) is 10.6 Å². The number of fused-ring (bicyclic) bond motifs is 1. The van der Waals surface area contributed by atoms with Crippen LogP contribution in [0.4, 0.5) is 28.7 Å². The Kier molecular flexibility index (Phi) is 8.68. The number of hydrogen-bond acceptors (Lipinski definition) is 13. The van der Waals surface area contributed by atoms with Crippen molar-refractivity contribution >= 4 is 98.9 Å². The minimum Gasteiger partial charge on any atom is -0.324 e. The third-order valence-electron chi connectivity index (χ3n) is 5.24. The van der Waals surface area contributed by atoms with Crippen LogP contribution < -0.4 is 10.6 Å². The first-order chi connectivity index (χ1) is 19.8. The SMILES string of the molecule is CC(=O)Nc1cc(N=Nc2cc3c(S(=O)(=O)O)cc(S(=O)(=O)O)cc3cc2S(=O)(=O)O)ccc1Nc1nc(Cl)nc(Cl)n1. The number of carbonyl (C=O) groups excluding carboxylic acids is 1. The van der Waals surface area contributed by atoms with Gasteiger partial charge in [0.1, 0.15) is 15.5 Å². The molecule has 0 spiro atoms. The molecule has 0 saturated carbocycles. The Hall–Kier alpha value is -3.89. The van der Waals surface area contributed by atoms with E-state index in [1.54, 1.807) is 0 Å². The Bertz CT molecular complexity index is 2160. The van der Waals surface area contributed by atoms with Gasteiger partial charge in [-0.25, -0.2) is 0 Å². The number of carbonyl (C=O) groups is 1. The average Bonchev–Trinajstić information content (AvgIpc) is 2.85. The molecule has 0 unspecified atom stereocenters. The van der Waals surface area contributed by atoms with Gasteiger partial charge < -0.3 is 10.6 Å². The molecule has 5 N–H and O–H groups in total. The number of hydrogen-bond donors (Lipinski definition) is 5. The zero-order valence-electron chi connectivity index (χ0n) is 21.0. The Balaban J connectivity index is 1.86. The lowest BCUT2D eigenvalue weighted by molar-refractivity contribution is -0.114. The highest BCUT2D eigenvalue weighted by molar-refractivity contribution is 7.87. The number of nitrogens with one attached hydrogen (secondary N) is 2. The Morgan fingerprint density at radius 3 is 1.95 bits per heavy atom. The van der Waals surface area contributed by atoms with Gasteiger partial charge in [0.05, 0.1) is 22.0 Å². The van der Waals surface area contributed by atoms with Gasteiger partial charge in [0.15, 0.2) is 0 Å². The van der Waals surface area contributed by atoms with Gasteiger partial charge in [-0.1, -0.05) is 0 Å². The third kappa shape index (κ3) is 7.74. The van der Waals surface area contributed by atoms with Gasteiger partial charge in [-0.05, 0) is 71.1 Å². The first-order valence-corrected chi connectivity index (χ1v) is 16.1. The molecule has 4 rings (SSSR count). The molecule has 0 radical (unpaired) electrons. The van der Waals surface area contributed by atoms with E-state index in [-0.39, 0.29) is 33.6 Å². The van der Waals surface area contributed by atoms with Crippen LogP contribution in [0.3, 0.4) is 0 Å². The van der Waals surface area contributed by atoms with Crippen molar-refractivity contribution in [2.75, 3.05) is 10.6 Å². The van der Waals surface area contributed by atoms with E-state index in [0.29, 0.717) is 18.2 Å². The van der Waals surface area contributed by atoms with E-state index in [0.717, 1.165) is 6.07 Å². The standard InChI is InChI=1S/C21H15Cl2N7O10S3/c1-9(31)24-15-6-11(2-3-14(15)25-21-27-19(22)26-20(23)28-21)29-30-16-8-13-10(5-18(16)43(38,39)40)4-12(41(32,33)34)7-17(13)42(35,36)37/h2-8H,1H3,(H,24,31)(H,32,33,34)(H,35,36,37)(H,38,39,40)(H,25,26,27,28). The first-order valence-electron chi connectivity index (χ1n) is 11.0. The smallest absolute Gasteiger partial charge is 0.296 e. The molecule has 1 amide bonds. The number of anilines is 3. The van der Waals surface area contributed by atoms with E-state index < -0.39 is 67.4 Å². The molecule has 3 aromatic carbocycles. The van der Waals surface area contributed by atoms with E-state index in [1.807, 2.05) is 0 Å². The lowest BCUT2D eigenvalue weighted by Gasteiger charge is -2.12. The number of aromatic nitrogens is 3. The van der Waals surface area contributed by atoms with Gasteiger partial charge in [0.2, 0.25) is 22.4 Å². The second kappa shape index (κ2) is 11.7.